The summed E-state index contributed by atoms with van der Waals surface area (Å²) in [6, 6.07) is 4.63. The van der Waals surface area contributed by atoms with Crippen molar-refractivity contribution < 1.29 is 9.90 Å². The zero-order chi connectivity index (χ0) is 8.43. The van der Waals surface area contributed by atoms with Gasteiger partial charge in [-0.2, -0.15) is 0 Å². The molecule has 0 unspecified atom stereocenters. The van der Waals surface area contributed by atoms with Crippen molar-refractivity contribution in [2.24, 2.45) is 0 Å². The monoisotopic (exact) mass is 192 g/mol. The fourth-order valence-corrected chi connectivity index (χ4v) is 0.882. The molecule has 60 valence electrons. The quantitative estimate of drug-likeness (QED) is 0.399. The van der Waals surface area contributed by atoms with Gasteiger partial charge in [0.1, 0.15) is 5.75 Å². The van der Waals surface area contributed by atoms with Crippen molar-refractivity contribution in [3.05, 3.63) is 23.8 Å². The van der Waals surface area contributed by atoms with E-state index in [1.807, 2.05) is 0 Å². The molecule has 0 aliphatic carbocycles. The summed E-state index contributed by atoms with van der Waals surface area (Å²) in [7, 11) is 0. The molecule has 0 fully saturated rings. The zero-order valence-electron chi connectivity index (χ0n) is 6.03. The standard InChI is InChI=1S/C8H8O2S.Na.H/c1-5(9)6-2-3-8(11)7(10)4-6;;/h2-4,10-11H,1H3;;. The van der Waals surface area contributed by atoms with Crippen molar-refractivity contribution in [3.63, 3.8) is 0 Å². The second kappa shape index (κ2) is 4.92. The average Bonchev–Trinajstić information content (AvgIpc) is 1.94. The van der Waals surface area contributed by atoms with Crippen LogP contribution < -0.4 is 0 Å². The molecule has 0 bridgehead atoms. The van der Waals surface area contributed by atoms with Crippen LogP contribution in [0.4, 0.5) is 0 Å². The normalized spacial score (nSPS) is 8.83. The van der Waals surface area contributed by atoms with Gasteiger partial charge in [0.15, 0.2) is 5.78 Å². The summed E-state index contributed by atoms with van der Waals surface area (Å²) in [6.45, 7) is 1.45. The van der Waals surface area contributed by atoms with E-state index in [1.165, 1.54) is 13.0 Å². The molecule has 1 aromatic rings. The molecule has 4 heteroatoms. The summed E-state index contributed by atoms with van der Waals surface area (Å²) in [5, 5.41) is 9.12. The van der Waals surface area contributed by atoms with Crippen LogP contribution in [0.1, 0.15) is 17.3 Å². The summed E-state index contributed by atoms with van der Waals surface area (Å²) in [4.78, 5) is 11.3. The predicted molar refractivity (Wildman–Crippen MR) is 52.5 cm³/mol. The third kappa shape index (κ3) is 2.83. The van der Waals surface area contributed by atoms with Crippen molar-refractivity contribution in [2.75, 3.05) is 0 Å². The van der Waals surface area contributed by atoms with E-state index in [4.69, 9.17) is 5.11 Å². The first-order chi connectivity index (χ1) is 5.11. The Labute approximate surface area is 98.7 Å². The number of Topliss-reactive ketones (excluding diaryl/α,β-unsaturated/α-hetero) is 1. The number of phenolic OH excluding ortho intramolecular Hbond substituents is 1. The number of hydrogen-bond acceptors (Lipinski definition) is 3. The molecule has 0 aliphatic rings. The number of carbonyl (C=O) groups excluding carboxylic acids is 1. The number of phenols is 1. The maximum atomic E-state index is 10.8. The number of rotatable bonds is 1. The second-order valence-corrected chi connectivity index (χ2v) is 2.74. The minimum atomic E-state index is -0.0615. The van der Waals surface area contributed by atoms with Crippen molar-refractivity contribution in [1.29, 1.82) is 0 Å². The number of ketones is 1. The molecule has 0 heterocycles. The van der Waals surface area contributed by atoms with Crippen molar-refractivity contribution in [2.45, 2.75) is 11.8 Å². The Kier molecular flexibility index (Phi) is 4.94. The Balaban J connectivity index is 0.00000121. The Morgan fingerprint density at radius 2 is 2.08 bits per heavy atom. The molecule has 0 saturated carbocycles. The van der Waals surface area contributed by atoms with Gasteiger partial charge in [0.2, 0.25) is 0 Å². The molecule has 0 aromatic heterocycles. The van der Waals surface area contributed by atoms with Crippen molar-refractivity contribution in [3.8, 4) is 5.75 Å². The van der Waals surface area contributed by atoms with Gasteiger partial charge in [0.05, 0.1) is 0 Å². The van der Waals surface area contributed by atoms with Crippen LogP contribution >= 0.6 is 12.6 Å². The van der Waals surface area contributed by atoms with Gasteiger partial charge in [0.25, 0.3) is 0 Å². The molecule has 2 nitrogen and oxygen atoms in total. The van der Waals surface area contributed by atoms with Crippen LogP contribution in [0, 0.1) is 0 Å². The number of hydrogen-bond donors (Lipinski definition) is 2. The van der Waals surface area contributed by atoms with Gasteiger partial charge < -0.3 is 5.11 Å². The Morgan fingerprint density at radius 3 is 2.50 bits per heavy atom. The van der Waals surface area contributed by atoms with Gasteiger partial charge in [-0.3, -0.25) is 4.79 Å². The first-order valence-electron chi connectivity index (χ1n) is 3.14. The molecule has 1 aromatic carbocycles. The molecule has 0 radical (unpaired) electrons. The maximum absolute atomic E-state index is 10.8. The number of thiol groups is 1. The van der Waals surface area contributed by atoms with E-state index < -0.39 is 0 Å². The Bertz CT molecular complexity index is 299. The third-order valence-corrected chi connectivity index (χ3v) is 1.76. The summed E-state index contributed by atoms with van der Waals surface area (Å²) >= 11 is 3.95. The molecular weight excluding hydrogens is 183 g/mol. The minimum absolute atomic E-state index is 0. The van der Waals surface area contributed by atoms with Crippen molar-refractivity contribution in [1.82, 2.24) is 0 Å². The van der Waals surface area contributed by atoms with Gasteiger partial charge in [0, 0.05) is 10.5 Å². The number of benzene rings is 1. The molecule has 12 heavy (non-hydrogen) atoms. The summed E-state index contributed by atoms with van der Waals surface area (Å²) in [6.07, 6.45) is 0. The molecule has 1 N–H and O–H groups in total. The van der Waals surface area contributed by atoms with E-state index in [0.717, 1.165) is 0 Å². The van der Waals surface area contributed by atoms with E-state index in [9.17, 15) is 4.79 Å². The second-order valence-electron chi connectivity index (χ2n) is 2.26. The SMILES string of the molecule is CC(=O)c1ccc(S)c(O)c1.[NaH]. The van der Waals surface area contributed by atoms with Crippen LogP contribution in [0.25, 0.3) is 0 Å². The number of carbonyl (C=O) groups is 1. The topological polar surface area (TPSA) is 37.3 Å². The van der Waals surface area contributed by atoms with E-state index >= 15 is 0 Å². The van der Waals surface area contributed by atoms with E-state index in [1.54, 1.807) is 12.1 Å². The molecule has 0 aliphatic heterocycles. The summed E-state index contributed by atoms with van der Waals surface area (Å²) in [5.74, 6) is -0.0188. The van der Waals surface area contributed by atoms with Crippen LogP contribution in [0.5, 0.6) is 5.75 Å². The summed E-state index contributed by atoms with van der Waals surface area (Å²) in [5.41, 5.74) is 0.500. The van der Waals surface area contributed by atoms with Gasteiger partial charge in [-0.15, -0.1) is 12.6 Å². The fraction of sp³-hybridized carbons (Fsp3) is 0.125. The third-order valence-electron chi connectivity index (χ3n) is 1.38. The average molecular weight is 192 g/mol. The molecule has 0 amide bonds. The number of aromatic hydroxyl groups is 1. The van der Waals surface area contributed by atoms with Crippen LogP contribution in [0.15, 0.2) is 23.1 Å². The molecule has 0 saturated heterocycles. The van der Waals surface area contributed by atoms with Gasteiger partial charge in [-0.05, 0) is 19.1 Å². The summed E-state index contributed by atoms with van der Waals surface area (Å²) < 4.78 is 0. The van der Waals surface area contributed by atoms with Gasteiger partial charge >= 0.3 is 29.6 Å². The Hall–Kier alpha value is 0.0400. The Morgan fingerprint density at radius 1 is 1.50 bits per heavy atom. The van der Waals surface area contributed by atoms with E-state index in [2.05, 4.69) is 12.6 Å². The van der Waals surface area contributed by atoms with E-state index in [-0.39, 0.29) is 41.1 Å². The molecule has 1 rings (SSSR count). The molecule has 0 atom stereocenters. The van der Waals surface area contributed by atoms with E-state index in [0.29, 0.717) is 10.5 Å². The van der Waals surface area contributed by atoms with Gasteiger partial charge in [-0.25, -0.2) is 0 Å². The first kappa shape index (κ1) is 12.0. The van der Waals surface area contributed by atoms with Crippen molar-refractivity contribution >= 4 is 48.0 Å². The van der Waals surface area contributed by atoms with Crippen LogP contribution in [0.3, 0.4) is 0 Å². The van der Waals surface area contributed by atoms with Crippen LogP contribution in [-0.2, 0) is 0 Å². The van der Waals surface area contributed by atoms with Gasteiger partial charge in [-0.1, -0.05) is 6.07 Å². The van der Waals surface area contributed by atoms with Crippen LogP contribution in [-0.4, -0.2) is 40.4 Å². The predicted octanol–water partition coefficient (Wildman–Crippen LogP) is 1.23. The molecular formula is C8H9NaO2S. The molecule has 0 spiro atoms. The van der Waals surface area contributed by atoms with Crippen LogP contribution in [0.2, 0.25) is 0 Å². The first-order valence-corrected chi connectivity index (χ1v) is 3.59. The fourth-order valence-electron chi connectivity index (χ4n) is 0.742. The zero-order valence-corrected chi connectivity index (χ0v) is 6.93.